The summed E-state index contributed by atoms with van der Waals surface area (Å²) >= 11 is 0. The number of aryl methyl sites for hydroxylation is 1. The average molecular weight is 451 g/mol. The van der Waals surface area contributed by atoms with Crippen molar-refractivity contribution in [3.05, 3.63) is 58.4 Å². The summed E-state index contributed by atoms with van der Waals surface area (Å²) in [7, 11) is 1.64. The zero-order chi connectivity index (χ0) is 23.8. The summed E-state index contributed by atoms with van der Waals surface area (Å²) < 4.78 is 13.0. The molecule has 0 radical (unpaired) electrons. The van der Waals surface area contributed by atoms with Crippen LogP contribution in [0.3, 0.4) is 0 Å². The monoisotopic (exact) mass is 450 g/mol. The molecule has 1 N–H and O–H groups in total. The van der Waals surface area contributed by atoms with Gasteiger partial charge in [-0.1, -0.05) is 19.1 Å². The zero-order valence-electron chi connectivity index (χ0n) is 20.1. The van der Waals surface area contributed by atoms with E-state index in [4.69, 9.17) is 9.47 Å². The van der Waals surface area contributed by atoms with Crippen molar-refractivity contribution in [2.24, 2.45) is 0 Å². The van der Waals surface area contributed by atoms with E-state index in [0.717, 1.165) is 54.3 Å². The van der Waals surface area contributed by atoms with Crippen LogP contribution in [0.5, 0.6) is 5.75 Å². The summed E-state index contributed by atoms with van der Waals surface area (Å²) in [5, 5.41) is 12.7. The van der Waals surface area contributed by atoms with Gasteiger partial charge in [-0.25, -0.2) is 0 Å². The van der Waals surface area contributed by atoms with E-state index >= 15 is 0 Å². The van der Waals surface area contributed by atoms with Crippen molar-refractivity contribution in [2.75, 3.05) is 40.0 Å². The molecule has 7 nitrogen and oxygen atoms in total. The van der Waals surface area contributed by atoms with Gasteiger partial charge in [-0.3, -0.25) is 9.69 Å². The second-order valence-corrected chi connectivity index (χ2v) is 8.30. The summed E-state index contributed by atoms with van der Waals surface area (Å²) in [5.41, 5.74) is 4.31. The largest absolute Gasteiger partial charge is 0.497 e. The number of hydrogen-bond acceptors (Lipinski definition) is 5. The predicted octanol–water partition coefficient (Wildman–Crippen LogP) is 3.62. The van der Waals surface area contributed by atoms with E-state index in [1.54, 1.807) is 13.2 Å². The molecule has 1 unspecified atom stereocenters. The molecule has 2 aromatic rings. The van der Waals surface area contributed by atoms with E-state index in [9.17, 15) is 10.1 Å². The topological polar surface area (TPSA) is 79.5 Å². The van der Waals surface area contributed by atoms with E-state index in [1.807, 2.05) is 44.2 Å². The average Bonchev–Trinajstić information content (AvgIpc) is 3.11. The summed E-state index contributed by atoms with van der Waals surface area (Å²) in [6.07, 6.45) is 2.72. The Labute approximate surface area is 196 Å². The number of ether oxygens (including phenoxy) is 2. The SMILES string of the molecule is CCCn1c(C)cc(/C=C(\C#N)C(=O)NCC(c2ccc(OC)cc2)N2CCOCC2)c1C. The number of amides is 1. The van der Waals surface area contributed by atoms with E-state index in [0.29, 0.717) is 19.8 Å². The fraction of sp³-hybridized carbons (Fsp3) is 0.462. The molecule has 7 heteroatoms. The van der Waals surface area contributed by atoms with Gasteiger partial charge in [-0.2, -0.15) is 5.26 Å². The molecular formula is C26H34N4O3. The smallest absolute Gasteiger partial charge is 0.262 e. The minimum Gasteiger partial charge on any atom is -0.497 e. The number of aromatic nitrogens is 1. The van der Waals surface area contributed by atoms with Crippen molar-refractivity contribution in [2.45, 2.75) is 39.8 Å². The Morgan fingerprint density at radius 3 is 2.58 bits per heavy atom. The normalized spacial score (nSPS) is 15.7. The summed E-state index contributed by atoms with van der Waals surface area (Å²) in [5.74, 6) is 0.434. The molecule has 1 aromatic carbocycles. The van der Waals surface area contributed by atoms with Crippen LogP contribution in [-0.2, 0) is 16.1 Å². The number of methoxy groups -OCH3 is 1. The highest BCUT2D eigenvalue weighted by molar-refractivity contribution is 6.01. The van der Waals surface area contributed by atoms with Gasteiger partial charge < -0.3 is 19.4 Å². The number of nitriles is 1. The Morgan fingerprint density at radius 1 is 1.27 bits per heavy atom. The molecule has 2 heterocycles. The van der Waals surface area contributed by atoms with Crippen molar-refractivity contribution in [1.29, 1.82) is 5.26 Å². The third kappa shape index (κ3) is 6.04. The number of carbonyl (C=O) groups excluding carboxylic acids is 1. The first-order valence-corrected chi connectivity index (χ1v) is 11.5. The van der Waals surface area contributed by atoms with Gasteiger partial charge in [0.2, 0.25) is 0 Å². The van der Waals surface area contributed by atoms with Crippen LogP contribution < -0.4 is 10.1 Å². The fourth-order valence-corrected chi connectivity index (χ4v) is 4.30. The van der Waals surface area contributed by atoms with Gasteiger partial charge >= 0.3 is 0 Å². The zero-order valence-corrected chi connectivity index (χ0v) is 20.1. The highest BCUT2D eigenvalue weighted by atomic mass is 16.5. The summed E-state index contributed by atoms with van der Waals surface area (Å²) in [6, 6.07) is 12.0. The van der Waals surface area contributed by atoms with Gasteiger partial charge in [0.1, 0.15) is 17.4 Å². The van der Waals surface area contributed by atoms with Gasteiger partial charge in [0, 0.05) is 37.6 Å². The van der Waals surface area contributed by atoms with Gasteiger partial charge in [0.05, 0.1) is 26.4 Å². The molecule has 0 bridgehead atoms. The van der Waals surface area contributed by atoms with Crippen LogP contribution in [0.25, 0.3) is 6.08 Å². The molecule has 0 spiro atoms. The maximum atomic E-state index is 13.0. The van der Waals surface area contributed by atoms with Crippen LogP contribution in [0.4, 0.5) is 0 Å². The van der Waals surface area contributed by atoms with Crippen LogP contribution >= 0.6 is 0 Å². The van der Waals surface area contributed by atoms with Crippen LogP contribution in [0, 0.1) is 25.2 Å². The molecule has 0 aliphatic carbocycles. The lowest BCUT2D eigenvalue weighted by atomic mass is 10.0. The molecule has 1 aliphatic heterocycles. The van der Waals surface area contributed by atoms with Gasteiger partial charge in [0.15, 0.2) is 0 Å². The van der Waals surface area contributed by atoms with E-state index < -0.39 is 0 Å². The number of benzene rings is 1. The molecule has 1 saturated heterocycles. The van der Waals surface area contributed by atoms with E-state index in [1.165, 1.54) is 0 Å². The maximum absolute atomic E-state index is 13.0. The minimum absolute atomic E-state index is 0.0154. The van der Waals surface area contributed by atoms with Crippen molar-refractivity contribution in [1.82, 2.24) is 14.8 Å². The Kier molecular flexibility index (Phi) is 8.70. The van der Waals surface area contributed by atoms with E-state index in [2.05, 4.69) is 27.8 Å². The molecule has 1 aromatic heterocycles. The lowest BCUT2D eigenvalue weighted by Crippen LogP contribution is -2.44. The Balaban J connectivity index is 1.77. The third-order valence-electron chi connectivity index (χ3n) is 6.17. The first kappa shape index (κ1) is 24.6. The molecule has 33 heavy (non-hydrogen) atoms. The van der Waals surface area contributed by atoms with Crippen molar-refractivity contribution in [3.63, 3.8) is 0 Å². The number of nitrogens with one attached hydrogen (secondary N) is 1. The standard InChI is InChI=1S/C26H34N4O3/c1-5-10-30-19(2)15-22(20(30)3)16-23(17-27)26(31)28-18-25(29-11-13-33-14-12-29)21-6-8-24(32-4)9-7-21/h6-9,15-16,25H,5,10-14,18H2,1-4H3,(H,28,31)/b23-16+. The van der Waals surface area contributed by atoms with Crippen LogP contribution in [0.1, 0.15) is 41.9 Å². The first-order chi connectivity index (χ1) is 16.0. The van der Waals surface area contributed by atoms with Gasteiger partial charge in [-0.15, -0.1) is 0 Å². The Bertz CT molecular complexity index is 1010. The molecule has 3 rings (SSSR count). The highest BCUT2D eigenvalue weighted by Crippen LogP contribution is 2.24. The van der Waals surface area contributed by atoms with Gasteiger partial charge in [-0.05, 0) is 55.7 Å². The molecular weight excluding hydrogens is 416 g/mol. The second-order valence-electron chi connectivity index (χ2n) is 8.30. The molecule has 1 aliphatic rings. The maximum Gasteiger partial charge on any atom is 0.262 e. The lowest BCUT2D eigenvalue weighted by Gasteiger charge is -2.35. The van der Waals surface area contributed by atoms with Crippen LogP contribution in [0.2, 0.25) is 0 Å². The molecule has 1 fully saturated rings. The van der Waals surface area contributed by atoms with Crippen molar-refractivity contribution in [3.8, 4) is 11.8 Å². The number of carbonyl (C=O) groups is 1. The number of hydrogen-bond donors (Lipinski definition) is 1. The molecule has 0 saturated carbocycles. The predicted molar refractivity (Wildman–Crippen MR) is 129 cm³/mol. The quantitative estimate of drug-likeness (QED) is 0.466. The van der Waals surface area contributed by atoms with E-state index in [-0.39, 0.29) is 17.5 Å². The number of morpholine rings is 1. The van der Waals surface area contributed by atoms with Crippen molar-refractivity contribution < 1.29 is 14.3 Å². The number of rotatable bonds is 9. The lowest BCUT2D eigenvalue weighted by molar-refractivity contribution is -0.117. The summed E-state index contributed by atoms with van der Waals surface area (Å²) in [4.78, 5) is 15.3. The second kappa shape index (κ2) is 11.7. The van der Waals surface area contributed by atoms with Crippen LogP contribution in [-0.4, -0.2) is 55.3 Å². The molecule has 176 valence electrons. The molecule has 1 amide bonds. The Hall–Kier alpha value is -3.08. The molecule has 1 atom stereocenters. The highest BCUT2D eigenvalue weighted by Gasteiger charge is 2.24. The fourth-order valence-electron chi connectivity index (χ4n) is 4.30. The number of nitrogens with zero attached hydrogens (tertiary/aromatic N) is 3. The van der Waals surface area contributed by atoms with Crippen LogP contribution in [0.15, 0.2) is 35.9 Å². The first-order valence-electron chi connectivity index (χ1n) is 11.5. The minimum atomic E-state index is -0.357. The summed E-state index contributed by atoms with van der Waals surface area (Å²) in [6.45, 7) is 10.4. The Morgan fingerprint density at radius 2 is 1.97 bits per heavy atom. The van der Waals surface area contributed by atoms with Gasteiger partial charge in [0.25, 0.3) is 5.91 Å². The van der Waals surface area contributed by atoms with Crippen molar-refractivity contribution >= 4 is 12.0 Å². The third-order valence-corrected chi connectivity index (χ3v) is 6.17.